The lowest BCUT2D eigenvalue weighted by atomic mass is 9.81. The molecular formula is C33H32ClN5O4. The van der Waals surface area contributed by atoms with Crippen LogP contribution in [0.15, 0.2) is 53.5 Å². The Hall–Kier alpha value is -4.86. The third-order valence-corrected chi connectivity index (χ3v) is 7.52. The summed E-state index contributed by atoms with van der Waals surface area (Å²) in [5.41, 5.74) is 5.09. The smallest absolute Gasteiger partial charge is 0.359 e. The molecule has 9 nitrogen and oxygen atoms in total. The van der Waals surface area contributed by atoms with Gasteiger partial charge in [0.25, 0.3) is 5.56 Å². The van der Waals surface area contributed by atoms with Crippen molar-refractivity contribution in [2.24, 2.45) is 7.05 Å². The van der Waals surface area contributed by atoms with Gasteiger partial charge in [-0.25, -0.2) is 14.3 Å². The molecule has 1 atom stereocenters. The van der Waals surface area contributed by atoms with E-state index in [1.54, 1.807) is 55.2 Å². The third-order valence-electron chi connectivity index (χ3n) is 7.25. The zero-order chi connectivity index (χ0) is 31.4. The van der Waals surface area contributed by atoms with Crippen LogP contribution in [-0.4, -0.2) is 34.0 Å². The molecule has 0 N–H and O–H groups in total. The number of nitriles is 1. The first-order chi connectivity index (χ1) is 20.5. The van der Waals surface area contributed by atoms with E-state index in [4.69, 9.17) is 32.7 Å². The molecule has 0 spiro atoms. The molecule has 4 aromatic rings. The Morgan fingerprint density at radius 2 is 1.95 bits per heavy atom. The molecule has 0 aliphatic rings. The van der Waals surface area contributed by atoms with E-state index in [2.05, 4.69) is 10.9 Å². The Bertz CT molecular complexity index is 1820. The molecule has 43 heavy (non-hydrogen) atoms. The summed E-state index contributed by atoms with van der Waals surface area (Å²) >= 11 is 6.32. The van der Waals surface area contributed by atoms with E-state index in [0.717, 1.165) is 22.4 Å². The standard InChI is InChI=1S/C33H32ClN5O4/c1-8-43-33(41)30-29(31(19(2)3)39(37-30)27-16-21(17-35)9-12-28(27)42-7)25(24-11-10-23(36-5)13-20(24)4)14-22-15-26(34)32(40)38(6)18-22/h9-13,15-16,18-19,25H,8,14H2,1-4,6-7H3. The van der Waals surface area contributed by atoms with E-state index in [0.29, 0.717) is 34.7 Å². The topological polar surface area (TPSA) is 103 Å². The van der Waals surface area contributed by atoms with Gasteiger partial charge in [0.2, 0.25) is 0 Å². The zero-order valence-electron chi connectivity index (χ0n) is 24.9. The summed E-state index contributed by atoms with van der Waals surface area (Å²) in [5, 5.41) is 14.6. The Labute approximate surface area is 255 Å². The molecule has 0 radical (unpaired) electrons. The fraction of sp³-hybridized carbons (Fsp3) is 0.303. The second-order valence-corrected chi connectivity index (χ2v) is 10.9. The number of aromatic nitrogens is 3. The van der Waals surface area contributed by atoms with Gasteiger partial charge in [-0.15, -0.1) is 0 Å². The molecule has 0 saturated carbocycles. The van der Waals surface area contributed by atoms with Gasteiger partial charge in [0.05, 0.1) is 37.6 Å². The molecule has 220 valence electrons. The summed E-state index contributed by atoms with van der Waals surface area (Å²) in [6.45, 7) is 15.3. The summed E-state index contributed by atoms with van der Waals surface area (Å²) in [6, 6.07) is 14.3. The third kappa shape index (κ3) is 6.18. The number of carbonyl (C=O) groups is 1. The Kier molecular flexibility index (Phi) is 9.38. The number of pyridine rings is 1. The molecular weight excluding hydrogens is 566 g/mol. The number of methoxy groups -OCH3 is 1. The van der Waals surface area contributed by atoms with Gasteiger partial charge in [-0.05, 0) is 61.6 Å². The van der Waals surface area contributed by atoms with Crippen LogP contribution in [0.25, 0.3) is 10.5 Å². The lowest BCUT2D eigenvalue weighted by Gasteiger charge is -2.24. The minimum Gasteiger partial charge on any atom is -0.494 e. The number of hydrogen-bond donors (Lipinski definition) is 0. The maximum absolute atomic E-state index is 13.6. The van der Waals surface area contributed by atoms with E-state index < -0.39 is 11.9 Å². The zero-order valence-corrected chi connectivity index (χ0v) is 25.7. The monoisotopic (exact) mass is 597 g/mol. The van der Waals surface area contributed by atoms with Crippen LogP contribution in [0.4, 0.5) is 5.69 Å². The van der Waals surface area contributed by atoms with Crippen molar-refractivity contribution in [1.29, 1.82) is 5.26 Å². The Morgan fingerprint density at radius 3 is 2.53 bits per heavy atom. The van der Waals surface area contributed by atoms with Crippen molar-refractivity contribution < 1.29 is 14.3 Å². The van der Waals surface area contributed by atoms with E-state index in [9.17, 15) is 14.9 Å². The molecule has 2 aromatic heterocycles. The highest BCUT2D eigenvalue weighted by atomic mass is 35.5. The maximum atomic E-state index is 13.6. The lowest BCUT2D eigenvalue weighted by molar-refractivity contribution is 0.0517. The van der Waals surface area contributed by atoms with Crippen LogP contribution in [0, 0.1) is 24.8 Å². The normalized spacial score (nSPS) is 11.6. The summed E-state index contributed by atoms with van der Waals surface area (Å²) in [4.78, 5) is 29.6. The van der Waals surface area contributed by atoms with Crippen molar-refractivity contribution in [3.63, 3.8) is 0 Å². The quantitative estimate of drug-likeness (QED) is 0.158. The molecule has 2 aromatic carbocycles. The van der Waals surface area contributed by atoms with Gasteiger partial charge < -0.3 is 14.0 Å². The summed E-state index contributed by atoms with van der Waals surface area (Å²) in [6.07, 6.45) is 2.09. The molecule has 0 aliphatic carbocycles. The first-order valence-corrected chi connectivity index (χ1v) is 14.1. The molecule has 0 saturated heterocycles. The average molecular weight is 598 g/mol. The number of hydrogen-bond acceptors (Lipinski definition) is 6. The average Bonchev–Trinajstić information content (AvgIpc) is 3.39. The fourth-order valence-corrected chi connectivity index (χ4v) is 5.65. The molecule has 4 rings (SSSR count). The Morgan fingerprint density at radius 1 is 1.21 bits per heavy atom. The van der Waals surface area contributed by atoms with Crippen LogP contribution in [0.2, 0.25) is 5.02 Å². The van der Waals surface area contributed by atoms with Gasteiger partial charge >= 0.3 is 5.97 Å². The number of rotatable bonds is 9. The summed E-state index contributed by atoms with van der Waals surface area (Å²) in [7, 11) is 3.17. The molecule has 10 heteroatoms. The number of ether oxygens (including phenoxy) is 2. The van der Waals surface area contributed by atoms with Crippen molar-refractivity contribution >= 4 is 23.3 Å². The van der Waals surface area contributed by atoms with E-state index in [-0.39, 0.29) is 28.8 Å². The van der Waals surface area contributed by atoms with Gasteiger partial charge in [-0.2, -0.15) is 10.4 Å². The molecule has 0 bridgehead atoms. The lowest BCUT2D eigenvalue weighted by Crippen LogP contribution is -2.19. The second kappa shape index (κ2) is 13.0. The summed E-state index contributed by atoms with van der Waals surface area (Å²) in [5.74, 6) is -0.712. The highest BCUT2D eigenvalue weighted by molar-refractivity contribution is 6.30. The largest absolute Gasteiger partial charge is 0.494 e. The first kappa shape index (κ1) is 31.1. The molecule has 0 amide bonds. The van der Waals surface area contributed by atoms with E-state index >= 15 is 0 Å². The second-order valence-electron chi connectivity index (χ2n) is 10.5. The molecule has 0 aliphatic heterocycles. The van der Waals surface area contributed by atoms with Crippen LogP contribution in [0.1, 0.15) is 76.6 Å². The minimum absolute atomic E-state index is 0.0854. The van der Waals surface area contributed by atoms with Crippen molar-refractivity contribution in [2.45, 2.75) is 46.0 Å². The Balaban J connectivity index is 2.12. The SMILES string of the molecule is [C-]#[N+]c1ccc(C(Cc2cc(Cl)c(=O)n(C)c2)c2c(C(=O)OCC)nn(-c3cc(C#N)ccc3OC)c2C(C)C)c(C)c1. The fourth-order valence-electron chi connectivity index (χ4n) is 5.37. The van der Waals surface area contributed by atoms with E-state index in [1.807, 2.05) is 32.9 Å². The number of esters is 1. The van der Waals surface area contributed by atoms with Crippen molar-refractivity contribution in [3.8, 4) is 17.5 Å². The van der Waals surface area contributed by atoms with Gasteiger partial charge in [0.1, 0.15) is 16.5 Å². The molecule has 1 unspecified atom stereocenters. The van der Waals surface area contributed by atoms with Crippen LogP contribution in [-0.2, 0) is 18.2 Å². The van der Waals surface area contributed by atoms with Gasteiger partial charge in [-0.3, -0.25) is 4.79 Å². The maximum Gasteiger partial charge on any atom is 0.359 e. The van der Waals surface area contributed by atoms with Crippen LogP contribution < -0.4 is 10.3 Å². The molecule has 2 heterocycles. The van der Waals surface area contributed by atoms with Gasteiger partial charge in [0.15, 0.2) is 11.4 Å². The summed E-state index contributed by atoms with van der Waals surface area (Å²) < 4.78 is 14.3. The van der Waals surface area contributed by atoms with Crippen LogP contribution in [0.5, 0.6) is 5.75 Å². The first-order valence-electron chi connectivity index (χ1n) is 13.8. The van der Waals surface area contributed by atoms with E-state index in [1.165, 1.54) is 11.7 Å². The minimum atomic E-state index is -0.590. The van der Waals surface area contributed by atoms with Crippen molar-refractivity contribution in [3.05, 3.63) is 115 Å². The number of nitrogens with zero attached hydrogens (tertiary/aromatic N) is 5. The van der Waals surface area contributed by atoms with Crippen LogP contribution >= 0.6 is 11.6 Å². The number of halogens is 1. The van der Waals surface area contributed by atoms with Gasteiger partial charge in [-0.1, -0.05) is 49.2 Å². The number of benzene rings is 2. The van der Waals surface area contributed by atoms with Crippen molar-refractivity contribution in [1.82, 2.24) is 14.3 Å². The molecule has 0 fully saturated rings. The number of carbonyl (C=O) groups excluding carboxylic acids is 1. The van der Waals surface area contributed by atoms with Crippen LogP contribution in [0.3, 0.4) is 0 Å². The predicted molar refractivity (Wildman–Crippen MR) is 165 cm³/mol. The predicted octanol–water partition coefficient (Wildman–Crippen LogP) is 6.64. The number of aryl methyl sites for hydroxylation is 2. The van der Waals surface area contributed by atoms with Gasteiger partial charge in [0, 0.05) is 24.7 Å². The highest BCUT2D eigenvalue weighted by Gasteiger charge is 2.34. The highest BCUT2D eigenvalue weighted by Crippen LogP contribution is 2.41. The van der Waals surface area contributed by atoms with Crippen molar-refractivity contribution in [2.75, 3.05) is 13.7 Å².